The molecule has 1 aromatic heterocycles. The van der Waals surface area contributed by atoms with Crippen molar-refractivity contribution < 1.29 is 9.53 Å². The molecule has 1 amide bonds. The zero-order chi connectivity index (χ0) is 15.6. The Morgan fingerprint density at radius 3 is 2.73 bits per heavy atom. The van der Waals surface area contributed by atoms with Gasteiger partial charge in [0.2, 0.25) is 5.91 Å². The Balaban J connectivity index is 1.81. The van der Waals surface area contributed by atoms with Crippen molar-refractivity contribution in [3.8, 4) is 5.75 Å². The van der Waals surface area contributed by atoms with Gasteiger partial charge in [0, 0.05) is 12.3 Å². The molecule has 22 heavy (non-hydrogen) atoms. The SMILES string of the molecule is CCCOc1ccc(/C=C/C(=O)NCc2ccccn2)cc1. The molecule has 0 aliphatic heterocycles. The van der Waals surface area contributed by atoms with Crippen molar-refractivity contribution in [3.05, 3.63) is 66.0 Å². The fourth-order valence-corrected chi connectivity index (χ4v) is 1.81. The standard InChI is InChI=1S/C18H20N2O2/c1-2-13-22-17-9-6-15(7-10-17)8-11-18(21)20-14-16-5-3-4-12-19-16/h3-12H,2,13-14H2,1H3,(H,20,21)/b11-8+. The van der Waals surface area contributed by atoms with Crippen LogP contribution >= 0.6 is 0 Å². The molecule has 0 fully saturated rings. The maximum Gasteiger partial charge on any atom is 0.244 e. The number of nitrogens with zero attached hydrogens (tertiary/aromatic N) is 1. The second-order valence-corrected chi connectivity index (χ2v) is 4.79. The summed E-state index contributed by atoms with van der Waals surface area (Å²) >= 11 is 0. The molecule has 1 N–H and O–H groups in total. The number of hydrogen-bond acceptors (Lipinski definition) is 3. The van der Waals surface area contributed by atoms with Gasteiger partial charge in [0.1, 0.15) is 5.75 Å². The molecule has 0 bridgehead atoms. The Morgan fingerprint density at radius 1 is 1.23 bits per heavy atom. The van der Waals surface area contributed by atoms with Crippen LogP contribution in [0.3, 0.4) is 0 Å². The normalized spacial score (nSPS) is 10.6. The van der Waals surface area contributed by atoms with E-state index in [4.69, 9.17) is 4.74 Å². The van der Waals surface area contributed by atoms with Gasteiger partial charge in [-0.1, -0.05) is 25.1 Å². The van der Waals surface area contributed by atoms with Gasteiger partial charge in [-0.15, -0.1) is 0 Å². The summed E-state index contributed by atoms with van der Waals surface area (Å²) in [4.78, 5) is 15.9. The lowest BCUT2D eigenvalue weighted by atomic mass is 10.2. The van der Waals surface area contributed by atoms with Crippen molar-refractivity contribution in [2.75, 3.05) is 6.61 Å². The summed E-state index contributed by atoms with van der Waals surface area (Å²) < 4.78 is 5.51. The highest BCUT2D eigenvalue weighted by atomic mass is 16.5. The number of pyridine rings is 1. The maximum absolute atomic E-state index is 11.7. The van der Waals surface area contributed by atoms with E-state index in [0.29, 0.717) is 13.2 Å². The Kier molecular flexibility index (Phi) is 6.18. The number of aromatic nitrogens is 1. The molecule has 0 atom stereocenters. The van der Waals surface area contributed by atoms with E-state index in [2.05, 4.69) is 17.2 Å². The summed E-state index contributed by atoms with van der Waals surface area (Å²) in [5.74, 6) is 0.704. The Hall–Kier alpha value is -2.62. The van der Waals surface area contributed by atoms with Crippen LogP contribution in [-0.4, -0.2) is 17.5 Å². The molecule has 4 nitrogen and oxygen atoms in total. The first-order valence-electron chi connectivity index (χ1n) is 7.36. The van der Waals surface area contributed by atoms with E-state index < -0.39 is 0 Å². The molecule has 114 valence electrons. The molecule has 0 radical (unpaired) electrons. The highest BCUT2D eigenvalue weighted by molar-refractivity contribution is 5.91. The van der Waals surface area contributed by atoms with Crippen LogP contribution in [-0.2, 0) is 11.3 Å². The first-order valence-corrected chi connectivity index (χ1v) is 7.36. The monoisotopic (exact) mass is 296 g/mol. The smallest absolute Gasteiger partial charge is 0.244 e. The molecule has 1 heterocycles. The van der Waals surface area contributed by atoms with Crippen molar-refractivity contribution >= 4 is 12.0 Å². The number of hydrogen-bond donors (Lipinski definition) is 1. The van der Waals surface area contributed by atoms with Crippen LogP contribution in [0.2, 0.25) is 0 Å². The average molecular weight is 296 g/mol. The molecule has 0 aliphatic rings. The summed E-state index contributed by atoms with van der Waals surface area (Å²) in [6, 6.07) is 13.3. The lowest BCUT2D eigenvalue weighted by Crippen LogP contribution is -2.20. The number of rotatable bonds is 7. The molecular formula is C18H20N2O2. The van der Waals surface area contributed by atoms with Crippen molar-refractivity contribution in [2.24, 2.45) is 0 Å². The highest BCUT2D eigenvalue weighted by Gasteiger charge is 1.97. The molecule has 1 aromatic carbocycles. The van der Waals surface area contributed by atoms with Crippen LogP contribution in [0.25, 0.3) is 6.08 Å². The van der Waals surface area contributed by atoms with Crippen molar-refractivity contribution in [1.82, 2.24) is 10.3 Å². The van der Waals surface area contributed by atoms with Gasteiger partial charge >= 0.3 is 0 Å². The molecule has 0 saturated heterocycles. The van der Waals surface area contributed by atoms with Crippen LogP contribution in [0.4, 0.5) is 0 Å². The third-order valence-electron chi connectivity index (χ3n) is 2.95. The third kappa shape index (κ3) is 5.40. The minimum atomic E-state index is -0.142. The zero-order valence-corrected chi connectivity index (χ0v) is 12.7. The molecule has 0 aliphatic carbocycles. The van der Waals surface area contributed by atoms with E-state index in [1.54, 1.807) is 12.3 Å². The first kappa shape index (κ1) is 15.8. The predicted molar refractivity (Wildman–Crippen MR) is 87.3 cm³/mol. The Bertz CT molecular complexity index is 607. The van der Waals surface area contributed by atoms with Crippen LogP contribution in [0, 0.1) is 0 Å². The number of benzene rings is 1. The van der Waals surface area contributed by atoms with Crippen molar-refractivity contribution in [3.63, 3.8) is 0 Å². The number of ether oxygens (including phenoxy) is 1. The minimum absolute atomic E-state index is 0.142. The predicted octanol–water partition coefficient (Wildman–Crippen LogP) is 3.20. The Morgan fingerprint density at radius 2 is 2.05 bits per heavy atom. The largest absolute Gasteiger partial charge is 0.494 e. The van der Waals surface area contributed by atoms with Gasteiger partial charge in [0.25, 0.3) is 0 Å². The number of carbonyl (C=O) groups is 1. The summed E-state index contributed by atoms with van der Waals surface area (Å²) in [7, 11) is 0. The van der Waals surface area contributed by atoms with E-state index >= 15 is 0 Å². The van der Waals surface area contributed by atoms with Crippen LogP contribution in [0.15, 0.2) is 54.7 Å². The number of carbonyl (C=O) groups excluding carboxylic acids is 1. The maximum atomic E-state index is 11.7. The van der Waals surface area contributed by atoms with E-state index in [9.17, 15) is 4.79 Å². The summed E-state index contributed by atoms with van der Waals surface area (Å²) in [6.45, 7) is 3.21. The van der Waals surface area contributed by atoms with Gasteiger partial charge in [-0.05, 0) is 42.3 Å². The van der Waals surface area contributed by atoms with Gasteiger partial charge in [0.05, 0.1) is 18.8 Å². The molecule has 0 saturated carbocycles. The second-order valence-electron chi connectivity index (χ2n) is 4.79. The van der Waals surface area contributed by atoms with Gasteiger partial charge < -0.3 is 10.1 Å². The van der Waals surface area contributed by atoms with Crippen LogP contribution in [0.5, 0.6) is 5.75 Å². The molecule has 0 unspecified atom stereocenters. The fraction of sp³-hybridized carbons (Fsp3) is 0.222. The average Bonchev–Trinajstić information content (AvgIpc) is 2.58. The summed E-state index contributed by atoms with van der Waals surface area (Å²) in [6.07, 6.45) is 5.99. The van der Waals surface area contributed by atoms with Gasteiger partial charge in [-0.25, -0.2) is 0 Å². The minimum Gasteiger partial charge on any atom is -0.494 e. The van der Waals surface area contributed by atoms with E-state index in [-0.39, 0.29) is 5.91 Å². The highest BCUT2D eigenvalue weighted by Crippen LogP contribution is 2.13. The van der Waals surface area contributed by atoms with Crippen molar-refractivity contribution in [2.45, 2.75) is 19.9 Å². The number of nitrogens with one attached hydrogen (secondary N) is 1. The number of amides is 1. The lowest BCUT2D eigenvalue weighted by molar-refractivity contribution is -0.116. The third-order valence-corrected chi connectivity index (χ3v) is 2.95. The zero-order valence-electron chi connectivity index (χ0n) is 12.7. The summed E-state index contributed by atoms with van der Waals surface area (Å²) in [5, 5.41) is 2.80. The quantitative estimate of drug-likeness (QED) is 0.798. The fourth-order valence-electron chi connectivity index (χ4n) is 1.81. The van der Waals surface area contributed by atoms with Crippen LogP contribution < -0.4 is 10.1 Å². The molecular weight excluding hydrogens is 276 g/mol. The summed E-state index contributed by atoms with van der Waals surface area (Å²) in [5.41, 5.74) is 1.79. The van der Waals surface area contributed by atoms with Crippen molar-refractivity contribution in [1.29, 1.82) is 0 Å². The van der Waals surface area contributed by atoms with Gasteiger partial charge in [-0.3, -0.25) is 9.78 Å². The molecule has 2 aromatic rings. The van der Waals surface area contributed by atoms with E-state index in [1.807, 2.05) is 42.5 Å². The van der Waals surface area contributed by atoms with Crippen LogP contribution in [0.1, 0.15) is 24.6 Å². The Labute approximate surface area is 130 Å². The topological polar surface area (TPSA) is 51.2 Å². The molecule has 4 heteroatoms. The second kappa shape index (κ2) is 8.62. The van der Waals surface area contributed by atoms with Gasteiger partial charge in [0.15, 0.2) is 0 Å². The first-order chi connectivity index (χ1) is 10.8. The van der Waals surface area contributed by atoms with Gasteiger partial charge in [-0.2, -0.15) is 0 Å². The molecule has 0 spiro atoms. The van der Waals surface area contributed by atoms with E-state index in [1.165, 1.54) is 6.08 Å². The van der Waals surface area contributed by atoms with E-state index in [0.717, 1.165) is 23.4 Å². The lowest BCUT2D eigenvalue weighted by Gasteiger charge is -2.04. The molecule has 2 rings (SSSR count).